The van der Waals surface area contributed by atoms with E-state index in [1.807, 2.05) is 0 Å². The van der Waals surface area contributed by atoms with Crippen LogP contribution in [0, 0.1) is 17.7 Å². The second-order valence-corrected chi connectivity index (χ2v) is 11.2. The normalized spacial score (nSPS) is 20.2. The average Bonchev–Trinajstić information content (AvgIpc) is 2.95. The lowest BCUT2D eigenvalue weighted by atomic mass is 9.79. The molecule has 2 atom stereocenters. The number of carbonyl (C=O) groups is 3. The standard InChI is InChI=1S/C30H32F7N3O3/c1-18(41)39-10-7-21(8-11-39)27(42)40-12-9-25(26(17-40)20-3-5-24(31)6-4-20)28(43)38(2)16-19-13-22(29(32,33)34)15-23(14-19)30(35,36)37/h3-6,13-15,21,25-26H,7-12,16-17H2,1-2H3. The SMILES string of the molecule is CC(=O)N1CCC(C(=O)N2CCC(C(=O)N(C)Cc3cc(C(F)(F)F)cc(C(F)(F)F)c3)C(c3ccc(F)cc3)C2)CC1. The smallest absolute Gasteiger partial charge is 0.343 e. The number of rotatable bonds is 5. The van der Waals surface area contributed by atoms with Gasteiger partial charge in [0.15, 0.2) is 0 Å². The summed E-state index contributed by atoms with van der Waals surface area (Å²) in [4.78, 5) is 43.2. The van der Waals surface area contributed by atoms with Gasteiger partial charge in [0, 0.05) is 64.4 Å². The van der Waals surface area contributed by atoms with Crippen LogP contribution in [0.3, 0.4) is 0 Å². The number of hydrogen-bond acceptors (Lipinski definition) is 3. The van der Waals surface area contributed by atoms with Gasteiger partial charge in [-0.15, -0.1) is 0 Å². The highest BCUT2D eigenvalue weighted by Gasteiger charge is 2.41. The summed E-state index contributed by atoms with van der Waals surface area (Å²) in [5.41, 5.74) is -2.69. The van der Waals surface area contributed by atoms with Crippen molar-refractivity contribution in [3.05, 3.63) is 70.5 Å². The fourth-order valence-electron chi connectivity index (χ4n) is 5.94. The molecule has 0 radical (unpaired) electrons. The van der Waals surface area contributed by atoms with E-state index in [2.05, 4.69) is 0 Å². The highest BCUT2D eigenvalue weighted by Crippen LogP contribution is 2.38. The summed E-state index contributed by atoms with van der Waals surface area (Å²) < 4.78 is 93.9. The van der Waals surface area contributed by atoms with E-state index in [9.17, 15) is 45.1 Å². The summed E-state index contributed by atoms with van der Waals surface area (Å²) >= 11 is 0. The Balaban J connectivity index is 1.54. The molecule has 0 spiro atoms. The molecule has 2 unspecified atom stereocenters. The minimum absolute atomic E-state index is 0.0343. The number of nitrogens with zero attached hydrogens (tertiary/aromatic N) is 3. The first kappa shape index (κ1) is 32.3. The van der Waals surface area contributed by atoms with Gasteiger partial charge < -0.3 is 14.7 Å². The number of likely N-dealkylation sites (tertiary alicyclic amines) is 2. The van der Waals surface area contributed by atoms with Crippen LogP contribution < -0.4 is 0 Å². The van der Waals surface area contributed by atoms with Gasteiger partial charge >= 0.3 is 12.4 Å². The van der Waals surface area contributed by atoms with Crippen LogP contribution in [0.15, 0.2) is 42.5 Å². The molecule has 3 amide bonds. The first-order valence-corrected chi connectivity index (χ1v) is 13.9. The molecule has 4 rings (SSSR count). The van der Waals surface area contributed by atoms with Crippen molar-refractivity contribution < 1.29 is 45.1 Å². The van der Waals surface area contributed by atoms with Crippen molar-refractivity contribution in [3.63, 3.8) is 0 Å². The van der Waals surface area contributed by atoms with Gasteiger partial charge in [0.25, 0.3) is 0 Å². The molecule has 13 heteroatoms. The molecule has 43 heavy (non-hydrogen) atoms. The van der Waals surface area contributed by atoms with Crippen LogP contribution in [-0.2, 0) is 33.3 Å². The molecule has 2 heterocycles. The second kappa shape index (κ2) is 12.5. The number of alkyl halides is 6. The van der Waals surface area contributed by atoms with Gasteiger partial charge in [-0.25, -0.2) is 4.39 Å². The van der Waals surface area contributed by atoms with Crippen LogP contribution in [-0.4, -0.2) is 65.6 Å². The van der Waals surface area contributed by atoms with Crippen LogP contribution in [0.25, 0.3) is 0 Å². The summed E-state index contributed by atoms with van der Waals surface area (Å²) in [6.45, 7) is 2.22. The van der Waals surface area contributed by atoms with E-state index in [1.54, 1.807) is 9.80 Å². The molecule has 2 aliphatic heterocycles. The van der Waals surface area contributed by atoms with E-state index < -0.39 is 53.6 Å². The van der Waals surface area contributed by atoms with Gasteiger partial charge in [-0.1, -0.05) is 12.1 Å². The molecule has 2 aromatic rings. The Morgan fingerprint density at radius 1 is 0.837 bits per heavy atom. The maximum atomic E-state index is 13.7. The Bertz CT molecular complexity index is 1300. The monoisotopic (exact) mass is 615 g/mol. The van der Waals surface area contributed by atoms with Crippen molar-refractivity contribution in [2.75, 3.05) is 33.2 Å². The highest BCUT2D eigenvalue weighted by molar-refractivity contribution is 5.82. The quantitative estimate of drug-likeness (QED) is 0.405. The van der Waals surface area contributed by atoms with Gasteiger partial charge in [-0.05, 0) is 60.7 Å². The molecule has 0 saturated carbocycles. The van der Waals surface area contributed by atoms with E-state index >= 15 is 0 Å². The third-order valence-electron chi connectivity index (χ3n) is 8.27. The van der Waals surface area contributed by atoms with Crippen molar-refractivity contribution in [1.82, 2.24) is 14.7 Å². The minimum Gasteiger partial charge on any atom is -0.343 e. The molecule has 0 aliphatic carbocycles. The molecule has 0 bridgehead atoms. The van der Waals surface area contributed by atoms with E-state index in [4.69, 9.17) is 0 Å². The van der Waals surface area contributed by atoms with Crippen molar-refractivity contribution >= 4 is 17.7 Å². The molecular weight excluding hydrogens is 583 g/mol. The molecule has 0 aromatic heterocycles. The van der Waals surface area contributed by atoms with Gasteiger partial charge in [0.1, 0.15) is 5.82 Å². The first-order valence-electron chi connectivity index (χ1n) is 13.9. The number of carbonyl (C=O) groups excluding carboxylic acids is 3. The zero-order valence-electron chi connectivity index (χ0n) is 23.6. The summed E-state index contributed by atoms with van der Waals surface area (Å²) in [6, 6.07) is 6.67. The topological polar surface area (TPSA) is 60.9 Å². The Morgan fingerprint density at radius 2 is 1.37 bits per heavy atom. The van der Waals surface area contributed by atoms with Gasteiger partial charge in [-0.3, -0.25) is 14.4 Å². The molecule has 6 nitrogen and oxygen atoms in total. The van der Waals surface area contributed by atoms with Crippen molar-refractivity contribution in [3.8, 4) is 0 Å². The molecule has 2 fully saturated rings. The number of piperidine rings is 2. The lowest BCUT2D eigenvalue weighted by Gasteiger charge is -2.41. The molecule has 234 valence electrons. The second-order valence-electron chi connectivity index (χ2n) is 11.2. The number of hydrogen-bond donors (Lipinski definition) is 0. The van der Waals surface area contributed by atoms with Crippen LogP contribution in [0.4, 0.5) is 30.7 Å². The van der Waals surface area contributed by atoms with Gasteiger partial charge in [0.2, 0.25) is 17.7 Å². The summed E-state index contributed by atoms with van der Waals surface area (Å²) in [5, 5.41) is 0. The predicted molar refractivity (Wildman–Crippen MR) is 142 cm³/mol. The van der Waals surface area contributed by atoms with E-state index in [0.717, 1.165) is 4.90 Å². The predicted octanol–water partition coefficient (Wildman–Crippen LogP) is 5.71. The Kier molecular flexibility index (Phi) is 9.41. The van der Waals surface area contributed by atoms with Crippen LogP contribution in [0.1, 0.15) is 54.4 Å². The van der Waals surface area contributed by atoms with Crippen LogP contribution >= 0.6 is 0 Å². The lowest BCUT2D eigenvalue weighted by Crippen LogP contribution is -2.50. The van der Waals surface area contributed by atoms with E-state index in [-0.39, 0.29) is 48.9 Å². The van der Waals surface area contributed by atoms with Gasteiger partial charge in [0.05, 0.1) is 11.1 Å². The fraction of sp³-hybridized carbons (Fsp3) is 0.500. The average molecular weight is 616 g/mol. The van der Waals surface area contributed by atoms with Crippen molar-refractivity contribution in [1.29, 1.82) is 0 Å². The zero-order valence-corrected chi connectivity index (χ0v) is 23.6. The maximum Gasteiger partial charge on any atom is 0.416 e. The summed E-state index contributed by atoms with van der Waals surface area (Å²) in [6.07, 6.45) is -8.85. The molecule has 2 aliphatic rings. The Labute approximate surface area is 244 Å². The molecule has 2 saturated heterocycles. The molecule has 0 N–H and O–H groups in total. The molecule has 2 aromatic carbocycles. The maximum absolute atomic E-state index is 13.7. The number of amides is 3. The minimum atomic E-state index is -5.02. The Morgan fingerprint density at radius 3 is 1.88 bits per heavy atom. The largest absolute Gasteiger partial charge is 0.416 e. The van der Waals surface area contributed by atoms with E-state index in [1.165, 1.54) is 38.2 Å². The van der Waals surface area contributed by atoms with Crippen LogP contribution in [0.5, 0.6) is 0 Å². The zero-order chi connectivity index (χ0) is 31.7. The van der Waals surface area contributed by atoms with Crippen molar-refractivity contribution in [2.45, 2.75) is 51.0 Å². The summed E-state index contributed by atoms with van der Waals surface area (Å²) in [5.74, 6) is -2.84. The third-order valence-corrected chi connectivity index (χ3v) is 8.27. The number of halogens is 7. The van der Waals surface area contributed by atoms with Crippen molar-refractivity contribution in [2.24, 2.45) is 11.8 Å². The highest BCUT2D eigenvalue weighted by atomic mass is 19.4. The Hall–Kier alpha value is -3.64. The summed E-state index contributed by atoms with van der Waals surface area (Å²) in [7, 11) is 1.30. The van der Waals surface area contributed by atoms with Crippen LogP contribution in [0.2, 0.25) is 0 Å². The third kappa shape index (κ3) is 7.66. The lowest BCUT2D eigenvalue weighted by molar-refractivity contribution is -0.145. The number of benzene rings is 2. The molecular formula is C30H32F7N3O3. The first-order chi connectivity index (χ1) is 20.0. The van der Waals surface area contributed by atoms with E-state index in [0.29, 0.717) is 43.6 Å². The fourth-order valence-corrected chi connectivity index (χ4v) is 5.94. The van der Waals surface area contributed by atoms with Gasteiger partial charge in [-0.2, -0.15) is 26.3 Å².